The molecule has 0 amide bonds. The predicted octanol–water partition coefficient (Wildman–Crippen LogP) is 1.25. The lowest BCUT2D eigenvalue weighted by Gasteiger charge is -2.11. The van der Waals surface area contributed by atoms with E-state index < -0.39 is 0 Å². The highest BCUT2D eigenvalue weighted by molar-refractivity contribution is 5.55. The van der Waals surface area contributed by atoms with E-state index in [-0.39, 0.29) is 0 Å². The summed E-state index contributed by atoms with van der Waals surface area (Å²) < 4.78 is 5.46. The molecule has 0 unspecified atom stereocenters. The highest BCUT2D eigenvalue weighted by Crippen LogP contribution is 2.14. The van der Waals surface area contributed by atoms with Gasteiger partial charge in [0.25, 0.3) is 0 Å². The molecule has 98 valence electrons. The molecule has 0 aliphatic heterocycles. The molecule has 0 spiro atoms. The molecule has 1 heterocycles. The van der Waals surface area contributed by atoms with Crippen molar-refractivity contribution in [1.82, 2.24) is 9.88 Å². The van der Waals surface area contributed by atoms with Gasteiger partial charge in [0.2, 0.25) is 0 Å². The average Bonchev–Trinajstić information content (AvgIpc) is 2.33. The summed E-state index contributed by atoms with van der Waals surface area (Å²) in [6.07, 6.45) is 1.70. The minimum Gasteiger partial charge on any atom is -0.378 e. The normalized spacial score (nSPS) is 10.4. The smallest absolute Gasteiger partial charge is 0.144 e. The van der Waals surface area contributed by atoms with E-state index in [0.29, 0.717) is 31.1 Å². The van der Waals surface area contributed by atoms with Gasteiger partial charge in [-0.15, -0.1) is 0 Å². The molecule has 5 nitrogen and oxygen atoms in total. The summed E-state index contributed by atoms with van der Waals surface area (Å²) in [5.74, 6) is 0.633. The number of nitrogens with zero attached hydrogens (tertiary/aromatic N) is 3. The Morgan fingerprint density at radius 3 is 2.89 bits per heavy atom. The molecule has 1 aromatic heterocycles. The molecule has 0 aromatic carbocycles. The molecular weight excluding hydrogens is 228 g/mol. The fourth-order valence-corrected chi connectivity index (χ4v) is 1.42. The fourth-order valence-electron chi connectivity index (χ4n) is 1.42. The average molecular weight is 248 g/mol. The number of ether oxygens (including phenoxy) is 1. The van der Waals surface area contributed by atoms with E-state index in [1.807, 2.05) is 27.1 Å². The van der Waals surface area contributed by atoms with Crippen molar-refractivity contribution in [3.05, 3.63) is 23.4 Å². The standard InChI is InChI=1S/C13H20N4O/c1-11-4-5-15-13(12(11)10-14)16-6-8-18-9-7-17(2)3/h4-5H,6-9H2,1-3H3,(H,15,16). The first-order valence-electron chi connectivity index (χ1n) is 5.97. The lowest BCUT2D eigenvalue weighted by molar-refractivity contribution is 0.126. The topological polar surface area (TPSA) is 61.2 Å². The molecule has 0 saturated carbocycles. The van der Waals surface area contributed by atoms with Gasteiger partial charge in [-0.25, -0.2) is 4.98 Å². The first-order chi connectivity index (χ1) is 8.65. The quantitative estimate of drug-likeness (QED) is 0.736. The number of nitriles is 1. The molecule has 18 heavy (non-hydrogen) atoms. The van der Waals surface area contributed by atoms with Crippen molar-refractivity contribution in [3.8, 4) is 6.07 Å². The van der Waals surface area contributed by atoms with Gasteiger partial charge in [-0.1, -0.05) is 0 Å². The summed E-state index contributed by atoms with van der Waals surface area (Å²) in [4.78, 5) is 6.23. The van der Waals surface area contributed by atoms with Crippen LogP contribution < -0.4 is 5.32 Å². The fraction of sp³-hybridized carbons (Fsp3) is 0.538. The summed E-state index contributed by atoms with van der Waals surface area (Å²) in [5, 5.41) is 12.2. The molecule has 0 saturated heterocycles. The van der Waals surface area contributed by atoms with Gasteiger partial charge in [-0.2, -0.15) is 5.26 Å². The number of aryl methyl sites for hydroxylation is 1. The molecule has 0 atom stereocenters. The zero-order valence-electron chi connectivity index (χ0n) is 11.2. The van der Waals surface area contributed by atoms with Crippen LogP contribution in [0.5, 0.6) is 0 Å². The minimum atomic E-state index is 0.603. The maximum Gasteiger partial charge on any atom is 0.144 e. The first kappa shape index (κ1) is 14.4. The zero-order valence-corrected chi connectivity index (χ0v) is 11.2. The molecule has 1 aromatic rings. The number of hydrogen-bond acceptors (Lipinski definition) is 5. The maximum absolute atomic E-state index is 9.03. The number of hydrogen-bond donors (Lipinski definition) is 1. The molecule has 0 bridgehead atoms. The van der Waals surface area contributed by atoms with Gasteiger partial charge < -0.3 is 15.0 Å². The van der Waals surface area contributed by atoms with Crippen molar-refractivity contribution in [2.24, 2.45) is 0 Å². The maximum atomic E-state index is 9.03. The van der Waals surface area contributed by atoms with E-state index in [2.05, 4.69) is 21.3 Å². The summed E-state index contributed by atoms with van der Waals surface area (Å²) >= 11 is 0. The Morgan fingerprint density at radius 2 is 2.22 bits per heavy atom. The monoisotopic (exact) mass is 248 g/mol. The number of anilines is 1. The Balaban J connectivity index is 2.32. The second-order valence-corrected chi connectivity index (χ2v) is 4.31. The van der Waals surface area contributed by atoms with Crippen molar-refractivity contribution < 1.29 is 4.74 Å². The third-order valence-corrected chi connectivity index (χ3v) is 2.49. The highest BCUT2D eigenvalue weighted by atomic mass is 16.5. The van der Waals surface area contributed by atoms with Crippen LogP contribution in [-0.4, -0.2) is 50.3 Å². The summed E-state index contributed by atoms with van der Waals surface area (Å²) in [6.45, 7) is 4.78. The first-order valence-corrected chi connectivity index (χ1v) is 5.97. The minimum absolute atomic E-state index is 0.603. The van der Waals surface area contributed by atoms with Crippen LogP contribution in [0.4, 0.5) is 5.82 Å². The Kier molecular flexibility index (Phi) is 6.12. The molecule has 1 rings (SSSR count). The molecule has 0 aliphatic carbocycles. The van der Waals surface area contributed by atoms with Gasteiger partial charge in [-0.3, -0.25) is 0 Å². The van der Waals surface area contributed by atoms with Gasteiger partial charge in [0.15, 0.2) is 0 Å². The second-order valence-electron chi connectivity index (χ2n) is 4.31. The number of likely N-dealkylation sites (N-methyl/N-ethyl adjacent to an activating group) is 1. The van der Waals surface area contributed by atoms with E-state index in [1.165, 1.54) is 0 Å². The van der Waals surface area contributed by atoms with Crippen LogP contribution in [0.15, 0.2) is 12.3 Å². The van der Waals surface area contributed by atoms with Gasteiger partial charge in [0.05, 0.1) is 18.8 Å². The summed E-state index contributed by atoms with van der Waals surface area (Å²) in [5.41, 5.74) is 1.54. The van der Waals surface area contributed by atoms with Gasteiger partial charge >= 0.3 is 0 Å². The summed E-state index contributed by atoms with van der Waals surface area (Å²) in [7, 11) is 4.02. The van der Waals surface area contributed by atoms with E-state index in [0.717, 1.165) is 12.1 Å². The van der Waals surface area contributed by atoms with Crippen LogP contribution in [0.1, 0.15) is 11.1 Å². The Hall–Kier alpha value is -1.64. The van der Waals surface area contributed by atoms with Crippen molar-refractivity contribution in [2.45, 2.75) is 6.92 Å². The molecule has 0 aliphatic rings. The van der Waals surface area contributed by atoms with Crippen LogP contribution in [0, 0.1) is 18.3 Å². The van der Waals surface area contributed by atoms with E-state index >= 15 is 0 Å². The van der Waals surface area contributed by atoms with Crippen molar-refractivity contribution in [1.29, 1.82) is 5.26 Å². The van der Waals surface area contributed by atoms with Crippen molar-refractivity contribution in [2.75, 3.05) is 45.7 Å². The molecule has 0 fully saturated rings. The molecule has 5 heteroatoms. The number of aromatic nitrogens is 1. The third kappa shape index (κ3) is 4.70. The van der Waals surface area contributed by atoms with E-state index in [1.54, 1.807) is 6.20 Å². The second kappa shape index (κ2) is 7.64. The Labute approximate surface area is 108 Å². The predicted molar refractivity (Wildman–Crippen MR) is 71.6 cm³/mol. The number of pyridine rings is 1. The molecule has 1 N–H and O–H groups in total. The zero-order chi connectivity index (χ0) is 13.4. The summed E-state index contributed by atoms with van der Waals surface area (Å²) in [6, 6.07) is 3.99. The highest BCUT2D eigenvalue weighted by Gasteiger charge is 2.05. The van der Waals surface area contributed by atoms with Crippen LogP contribution in [0.2, 0.25) is 0 Å². The Morgan fingerprint density at radius 1 is 1.44 bits per heavy atom. The Bertz CT molecular complexity index is 412. The number of rotatable bonds is 7. The molecular formula is C13H20N4O. The largest absolute Gasteiger partial charge is 0.378 e. The van der Waals surface area contributed by atoms with E-state index in [4.69, 9.17) is 10.00 Å². The van der Waals surface area contributed by atoms with Crippen LogP contribution >= 0.6 is 0 Å². The number of nitrogens with one attached hydrogen (secondary N) is 1. The molecule has 0 radical (unpaired) electrons. The van der Waals surface area contributed by atoms with Gasteiger partial charge in [0, 0.05) is 19.3 Å². The van der Waals surface area contributed by atoms with Crippen molar-refractivity contribution in [3.63, 3.8) is 0 Å². The van der Waals surface area contributed by atoms with Crippen LogP contribution in [0.3, 0.4) is 0 Å². The lowest BCUT2D eigenvalue weighted by atomic mass is 10.1. The van der Waals surface area contributed by atoms with Gasteiger partial charge in [0.1, 0.15) is 11.9 Å². The van der Waals surface area contributed by atoms with Crippen LogP contribution in [0.25, 0.3) is 0 Å². The van der Waals surface area contributed by atoms with Crippen LogP contribution in [-0.2, 0) is 4.74 Å². The van der Waals surface area contributed by atoms with E-state index in [9.17, 15) is 0 Å². The lowest BCUT2D eigenvalue weighted by Crippen LogP contribution is -2.20. The SMILES string of the molecule is Cc1ccnc(NCCOCCN(C)C)c1C#N. The van der Waals surface area contributed by atoms with Crippen molar-refractivity contribution >= 4 is 5.82 Å². The third-order valence-electron chi connectivity index (χ3n) is 2.49. The van der Waals surface area contributed by atoms with Gasteiger partial charge in [-0.05, 0) is 32.6 Å².